The number of amides is 3. The number of urea groups is 1. The highest BCUT2D eigenvalue weighted by molar-refractivity contribution is 6.07. The summed E-state index contributed by atoms with van der Waals surface area (Å²) in [5.74, 6) is -0.701. The van der Waals surface area contributed by atoms with Crippen molar-refractivity contribution >= 4 is 28.7 Å². The number of carbonyl (C=O) groups excluding carboxylic acids is 3. The summed E-state index contributed by atoms with van der Waals surface area (Å²) in [6.45, 7) is 5.28. The molecule has 0 aromatic heterocycles. The van der Waals surface area contributed by atoms with Crippen LogP contribution in [0.25, 0.3) is 10.8 Å². The Morgan fingerprint density at radius 3 is 2.73 bits per heavy atom. The van der Waals surface area contributed by atoms with E-state index in [1.54, 1.807) is 13.8 Å². The molecule has 2 saturated heterocycles. The van der Waals surface area contributed by atoms with Gasteiger partial charge in [0.25, 0.3) is 5.91 Å². The number of benzene rings is 2. The maximum absolute atomic E-state index is 13.3. The molecule has 7 heteroatoms. The quantitative estimate of drug-likeness (QED) is 0.607. The van der Waals surface area contributed by atoms with Crippen LogP contribution in [-0.2, 0) is 19.9 Å². The van der Waals surface area contributed by atoms with E-state index in [0.717, 1.165) is 35.7 Å². The molecule has 0 spiro atoms. The van der Waals surface area contributed by atoms with Gasteiger partial charge in [-0.25, -0.2) is 9.69 Å². The Labute approximate surface area is 176 Å². The minimum atomic E-state index is -1.11. The van der Waals surface area contributed by atoms with Crippen molar-refractivity contribution in [3.63, 3.8) is 0 Å². The lowest BCUT2D eigenvalue weighted by Crippen LogP contribution is -2.48. The van der Waals surface area contributed by atoms with Crippen molar-refractivity contribution in [2.45, 2.75) is 32.2 Å². The number of ether oxygens (including phenoxy) is 1. The highest BCUT2D eigenvalue weighted by Crippen LogP contribution is 2.31. The normalized spacial score (nSPS) is 24.9. The molecule has 158 valence electrons. The molecule has 0 radical (unpaired) electrons. The summed E-state index contributed by atoms with van der Waals surface area (Å²) in [6.07, 6.45) is 1.60. The number of carbonyl (C=O) groups is 3. The summed E-state index contributed by atoms with van der Waals surface area (Å²) in [5.41, 5.74) is -0.359. The largest absolute Gasteiger partial charge is 0.466 e. The van der Waals surface area contributed by atoms with Crippen LogP contribution < -0.4 is 5.32 Å². The van der Waals surface area contributed by atoms with Crippen LogP contribution in [0, 0.1) is 5.92 Å². The first kappa shape index (κ1) is 20.3. The number of hydrogen-bond donors (Lipinski definition) is 1. The molecule has 2 heterocycles. The predicted molar refractivity (Wildman–Crippen MR) is 112 cm³/mol. The van der Waals surface area contributed by atoms with Crippen LogP contribution in [0.15, 0.2) is 42.5 Å². The molecule has 2 atom stereocenters. The number of imide groups is 1. The standard InChI is InChI=1S/C23H27N3O4/c1-3-30-20(27)18-9-6-12-25(14-18)15-26-21(28)23(2,24-22(26)29)19-11-10-16-7-4-5-8-17(16)13-19/h4-5,7-8,10-11,13,18H,3,6,9,12,14-15H2,1-2H3,(H,24,29)/t18-,23+/m0/s1. The molecule has 7 nitrogen and oxygen atoms in total. The number of hydrogen-bond acceptors (Lipinski definition) is 5. The Bertz CT molecular complexity index is 991. The molecule has 2 aromatic carbocycles. The summed E-state index contributed by atoms with van der Waals surface area (Å²) in [6, 6.07) is 13.3. The minimum absolute atomic E-state index is 0.170. The van der Waals surface area contributed by atoms with Gasteiger partial charge in [0.1, 0.15) is 5.54 Å². The number of likely N-dealkylation sites (tertiary alicyclic amines) is 1. The van der Waals surface area contributed by atoms with Gasteiger partial charge >= 0.3 is 12.0 Å². The third-order valence-electron chi connectivity index (χ3n) is 6.07. The minimum Gasteiger partial charge on any atom is -0.466 e. The van der Waals surface area contributed by atoms with Gasteiger partial charge < -0.3 is 10.1 Å². The maximum atomic E-state index is 13.3. The summed E-state index contributed by atoms with van der Waals surface area (Å²) < 4.78 is 5.14. The van der Waals surface area contributed by atoms with Gasteiger partial charge in [-0.1, -0.05) is 36.4 Å². The molecule has 0 bridgehead atoms. The molecule has 2 aliphatic heterocycles. The van der Waals surface area contributed by atoms with Crippen molar-refractivity contribution < 1.29 is 19.1 Å². The van der Waals surface area contributed by atoms with E-state index in [0.29, 0.717) is 13.2 Å². The summed E-state index contributed by atoms with van der Waals surface area (Å²) in [4.78, 5) is 41.3. The van der Waals surface area contributed by atoms with E-state index >= 15 is 0 Å². The highest BCUT2D eigenvalue weighted by atomic mass is 16.5. The molecular weight excluding hydrogens is 382 g/mol. The lowest BCUT2D eigenvalue weighted by Gasteiger charge is -2.33. The summed E-state index contributed by atoms with van der Waals surface area (Å²) >= 11 is 0. The van der Waals surface area contributed by atoms with Crippen LogP contribution in [0.2, 0.25) is 0 Å². The number of nitrogens with one attached hydrogen (secondary N) is 1. The van der Waals surface area contributed by atoms with Crippen molar-refractivity contribution in [3.05, 3.63) is 48.0 Å². The number of esters is 1. The summed E-state index contributed by atoms with van der Waals surface area (Å²) in [5, 5.41) is 4.97. The molecule has 2 fully saturated rings. The molecule has 0 saturated carbocycles. The zero-order chi connectivity index (χ0) is 21.3. The molecule has 30 heavy (non-hydrogen) atoms. The zero-order valence-electron chi connectivity index (χ0n) is 17.4. The average molecular weight is 409 g/mol. The molecule has 2 aliphatic rings. The molecule has 2 aromatic rings. The van der Waals surface area contributed by atoms with Gasteiger partial charge in [0.2, 0.25) is 0 Å². The van der Waals surface area contributed by atoms with E-state index in [9.17, 15) is 14.4 Å². The Balaban J connectivity index is 1.51. The number of piperidine rings is 1. The van der Waals surface area contributed by atoms with Crippen LogP contribution >= 0.6 is 0 Å². The fraction of sp³-hybridized carbons (Fsp3) is 0.435. The van der Waals surface area contributed by atoms with Crippen molar-refractivity contribution in [1.29, 1.82) is 0 Å². The van der Waals surface area contributed by atoms with Crippen molar-refractivity contribution in [2.24, 2.45) is 5.92 Å². The van der Waals surface area contributed by atoms with Gasteiger partial charge in [-0.3, -0.25) is 14.5 Å². The third-order valence-corrected chi connectivity index (χ3v) is 6.07. The van der Waals surface area contributed by atoms with E-state index in [4.69, 9.17) is 4.74 Å². The van der Waals surface area contributed by atoms with Gasteiger partial charge in [-0.05, 0) is 55.6 Å². The molecular formula is C23H27N3O4. The van der Waals surface area contributed by atoms with Crippen LogP contribution in [0.3, 0.4) is 0 Å². The van der Waals surface area contributed by atoms with Gasteiger partial charge in [0, 0.05) is 6.54 Å². The Hall–Kier alpha value is -2.93. The van der Waals surface area contributed by atoms with Gasteiger partial charge in [-0.2, -0.15) is 0 Å². The number of fused-ring (bicyclic) bond motifs is 1. The van der Waals surface area contributed by atoms with E-state index < -0.39 is 11.6 Å². The number of nitrogens with zero attached hydrogens (tertiary/aromatic N) is 2. The van der Waals surface area contributed by atoms with E-state index in [2.05, 4.69) is 5.32 Å². The Kier molecular flexibility index (Phi) is 5.47. The summed E-state index contributed by atoms with van der Waals surface area (Å²) in [7, 11) is 0. The first-order chi connectivity index (χ1) is 14.4. The fourth-order valence-electron chi connectivity index (χ4n) is 4.36. The van der Waals surface area contributed by atoms with Crippen LogP contribution in [0.1, 0.15) is 32.3 Å². The first-order valence-electron chi connectivity index (χ1n) is 10.4. The lowest BCUT2D eigenvalue weighted by molar-refractivity contribution is -0.150. The molecule has 0 aliphatic carbocycles. The lowest BCUT2D eigenvalue weighted by atomic mass is 9.90. The van der Waals surface area contributed by atoms with Crippen LogP contribution in [0.4, 0.5) is 4.79 Å². The fourth-order valence-corrected chi connectivity index (χ4v) is 4.36. The molecule has 1 N–H and O–H groups in total. The monoisotopic (exact) mass is 409 g/mol. The zero-order valence-corrected chi connectivity index (χ0v) is 17.4. The second-order valence-electron chi connectivity index (χ2n) is 8.16. The van der Waals surface area contributed by atoms with E-state index in [1.807, 2.05) is 47.4 Å². The van der Waals surface area contributed by atoms with Crippen molar-refractivity contribution in [2.75, 3.05) is 26.4 Å². The molecule has 3 amide bonds. The van der Waals surface area contributed by atoms with Crippen LogP contribution in [0.5, 0.6) is 0 Å². The maximum Gasteiger partial charge on any atom is 0.326 e. The Morgan fingerprint density at radius 1 is 1.20 bits per heavy atom. The first-order valence-corrected chi connectivity index (χ1v) is 10.4. The van der Waals surface area contributed by atoms with Gasteiger partial charge in [-0.15, -0.1) is 0 Å². The van der Waals surface area contributed by atoms with Crippen molar-refractivity contribution in [1.82, 2.24) is 15.1 Å². The van der Waals surface area contributed by atoms with E-state index in [-0.39, 0.29) is 24.5 Å². The van der Waals surface area contributed by atoms with Gasteiger partial charge in [0.05, 0.1) is 19.2 Å². The van der Waals surface area contributed by atoms with Crippen LogP contribution in [-0.4, -0.2) is 54.1 Å². The molecule has 4 rings (SSSR count). The van der Waals surface area contributed by atoms with Crippen molar-refractivity contribution in [3.8, 4) is 0 Å². The SMILES string of the molecule is CCOC(=O)[C@H]1CCCN(CN2C(=O)N[C@](C)(c3ccc4ccccc4c3)C2=O)C1. The van der Waals surface area contributed by atoms with E-state index in [1.165, 1.54) is 4.90 Å². The molecule has 0 unspecified atom stereocenters. The topological polar surface area (TPSA) is 79.0 Å². The smallest absolute Gasteiger partial charge is 0.326 e. The number of rotatable bonds is 5. The average Bonchev–Trinajstić information content (AvgIpc) is 2.97. The van der Waals surface area contributed by atoms with Gasteiger partial charge in [0.15, 0.2) is 0 Å². The second-order valence-corrected chi connectivity index (χ2v) is 8.16. The third kappa shape index (κ3) is 3.65. The predicted octanol–water partition coefficient (Wildman–Crippen LogP) is 2.84. The highest BCUT2D eigenvalue weighted by Gasteiger charge is 2.49. The second kappa shape index (κ2) is 8.07. The Morgan fingerprint density at radius 2 is 1.97 bits per heavy atom.